The van der Waals surface area contributed by atoms with Gasteiger partial charge in [-0.25, -0.2) is 4.98 Å². The molecule has 2 atom stereocenters. The summed E-state index contributed by atoms with van der Waals surface area (Å²) in [5.41, 5.74) is 4.86. The molecule has 0 N–H and O–H groups in total. The maximum Gasteiger partial charge on any atom is 0.226 e. The van der Waals surface area contributed by atoms with E-state index in [-0.39, 0.29) is 0 Å². The molecule has 3 rings (SSSR count). The van der Waals surface area contributed by atoms with E-state index in [4.69, 9.17) is 9.40 Å². The molecule has 0 saturated heterocycles. The Bertz CT molecular complexity index is 761. The summed E-state index contributed by atoms with van der Waals surface area (Å²) in [6.45, 7) is 10.5. The molecule has 1 aromatic heterocycles. The summed E-state index contributed by atoms with van der Waals surface area (Å²) in [4.78, 5) is 4.81. The molecule has 2 unspecified atom stereocenters. The van der Waals surface area contributed by atoms with Crippen molar-refractivity contribution in [3.8, 4) is 11.5 Å². The third kappa shape index (κ3) is 6.01. The van der Waals surface area contributed by atoms with Crippen LogP contribution in [0.5, 0.6) is 0 Å². The van der Waals surface area contributed by atoms with Gasteiger partial charge in [-0.2, -0.15) is 11.8 Å². The van der Waals surface area contributed by atoms with Gasteiger partial charge >= 0.3 is 0 Å². The average molecular weight is 398 g/mol. The third-order valence-corrected chi connectivity index (χ3v) is 7.35. The Morgan fingerprint density at radius 3 is 2.68 bits per heavy atom. The van der Waals surface area contributed by atoms with Crippen molar-refractivity contribution in [1.82, 2.24) is 4.98 Å². The predicted molar refractivity (Wildman–Crippen MR) is 122 cm³/mol. The number of benzene rings is 1. The van der Waals surface area contributed by atoms with Crippen LogP contribution in [-0.4, -0.2) is 16.5 Å². The number of hydrogen-bond donors (Lipinski definition) is 0. The van der Waals surface area contributed by atoms with Crippen LogP contribution in [0.4, 0.5) is 0 Å². The third-order valence-electron chi connectivity index (χ3n) is 6.03. The van der Waals surface area contributed by atoms with E-state index in [9.17, 15) is 0 Å². The van der Waals surface area contributed by atoms with E-state index in [0.717, 1.165) is 53.3 Å². The molecule has 0 bridgehead atoms. The molecule has 1 aliphatic rings. The van der Waals surface area contributed by atoms with Crippen molar-refractivity contribution in [3.63, 3.8) is 0 Å². The van der Waals surface area contributed by atoms with Crippen molar-refractivity contribution in [1.29, 1.82) is 0 Å². The van der Waals surface area contributed by atoms with E-state index in [1.54, 1.807) is 0 Å². The maximum absolute atomic E-state index is 5.97. The lowest BCUT2D eigenvalue weighted by atomic mass is 9.80. The van der Waals surface area contributed by atoms with Gasteiger partial charge in [0.05, 0.1) is 5.69 Å². The molecule has 0 amide bonds. The molecule has 28 heavy (non-hydrogen) atoms. The second-order valence-corrected chi connectivity index (χ2v) is 9.47. The predicted octanol–water partition coefficient (Wildman–Crippen LogP) is 7.40. The molecule has 0 spiro atoms. The van der Waals surface area contributed by atoms with Crippen molar-refractivity contribution in [2.75, 3.05) is 11.5 Å². The molecular weight excluding hydrogens is 362 g/mol. The summed E-state index contributed by atoms with van der Waals surface area (Å²) in [5.74, 6) is 5.91. The largest absolute Gasteiger partial charge is 0.441 e. The number of rotatable bonds is 9. The number of thioether (sulfide) groups is 1. The summed E-state index contributed by atoms with van der Waals surface area (Å²) in [5, 5.41) is 0. The Hall–Kier alpha value is -1.48. The SMILES string of the molecule is C=C(CC)CSCC1CCCC(CCc2nc(-c3ccc(C)cc3)oc2C)C1. The van der Waals surface area contributed by atoms with Crippen molar-refractivity contribution in [2.45, 2.75) is 65.7 Å². The first-order valence-corrected chi connectivity index (χ1v) is 12.0. The van der Waals surface area contributed by atoms with Gasteiger partial charge in [0.25, 0.3) is 0 Å². The Kier molecular flexibility index (Phi) is 7.84. The molecule has 1 aromatic carbocycles. The number of aryl methyl sites for hydroxylation is 3. The molecule has 1 heterocycles. The molecule has 3 heteroatoms. The van der Waals surface area contributed by atoms with Gasteiger partial charge in [-0.05, 0) is 75.7 Å². The molecule has 1 fully saturated rings. The fourth-order valence-corrected chi connectivity index (χ4v) is 5.36. The molecule has 0 aliphatic heterocycles. The van der Waals surface area contributed by atoms with Gasteiger partial charge in [0.2, 0.25) is 5.89 Å². The van der Waals surface area contributed by atoms with Crippen LogP contribution < -0.4 is 0 Å². The standard InChI is InChI=1S/C25H35NOS/c1-5-18(2)16-28-17-22-8-6-7-21(15-22)11-14-24-20(4)27-25(26-24)23-12-9-19(3)10-13-23/h9-10,12-13,21-22H,2,5-8,11,14-17H2,1,3-4H3. The molecule has 152 valence electrons. The molecule has 0 radical (unpaired) electrons. The second-order valence-electron chi connectivity index (χ2n) is 8.44. The Balaban J connectivity index is 1.49. The van der Waals surface area contributed by atoms with E-state index in [0.29, 0.717) is 0 Å². The summed E-state index contributed by atoms with van der Waals surface area (Å²) >= 11 is 2.09. The van der Waals surface area contributed by atoms with Crippen molar-refractivity contribution in [2.24, 2.45) is 11.8 Å². The van der Waals surface area contributed by atoms with Crippen LogP contribution in [0.15, 0.2) is 40.8 Å². The first-order valence-electron chi connectivity index (χ1n) is 10.8. The first kappa shape index (κ1) is 21.2. The van der Waals surface area contributed by atoms with Gasteiger partial charge < -0.3 is 4.42 Å². The number of hydrogen-bond acceptors (Lipinski definition) is 3. The van der Waals surface area contributed by atoms with Crippen LogP contribution in [0, 0.1) is 25.7 Å². The zero-order valence-corrected chi connectivity index (χ0v) is 18.6. The van der Waals surface area contributed by atoms with Crippen LogP contribution in [0.1, 0.15) is 62.5 Å². The molecule has 1 saturated carbocycles. The first-order chi connectivity index (χ1) is 13.5. The normalized spacial score (nSPS) is 19.7. The van der Waals surface area contributed by atoms with Gasteiger partial charge in [0.1, 0.15) is 5.76 Å². The summed E-state index contributed by atoms with van der Waals surface area (Å²) < 4.78 is 5.97. The maximum atomic E-state index is 5.97. The lowest BCUT2D eigenvalue weighted by molar-refractivity contribution is 0.273. The lowest BCUT2D eigenvalue weighted by Gasteiger charge is -2.29. The van der Waals surface area contributed by atoms with Crippen molar-refractivity contribution >= 4 is 11.8 Å². The Labute approximate surface area is 175 Å². The Morgan fingerprint density at radius 1 is 1.18 bits per heavy atom. The van der Waals surface area contributed by atoms with Crippen LogP contribution in [0.3, 0.4) is 0 Å². The highest BCUT2D eigenvalue weighted by Crippen LogP contribution is 2.34. The van der Waals surface area contributed by atoms with E-state index in [1.165, 1.54) is 49.0 Å². The number of nitrogens with zero attached hydrogens (tertiary/aromatic N) is 1. The molecule has 1 aliphatic carbocycles. The highest BCUT2D eigenvalue weighted by atomic mass is 32.2. The number of aromatic nitrogens is 1. The van der Waals surface area contributed by atoms with Gasteiger partial charge in [-0.3, -0.25) is 0 Å². The van der Waals surface area contributed by atoms with Crippen LogP contribution >= 0.6 is 11.8 Å². The van der Waals surface area contributed by atoms with Gasteiger partial charge in [0, 0.05) is 11.3 Å². The number of oxazole rings is 1. The molecule has 2 nitrogen and oxygen atoms in total. The fraction of sp³-hybridized carbons (Fsp3) is 0.560. The van der Waals surface area contributed by atoms with Crippen LogP contribution in [-0.2, 0) is 6.42 Å². The zero-order chi connectivity index (χ0) is 19.9. The summed E-state index contributed by atoms with van der Waals surface area (Å²) in [6, 6.07) is 8.43. The van der Waals surface area contributed by atoms with E-state index < -0.39 is 0 Å². The van der Waals surface area contributed by atoms with Gasteiger partial charge in [0.15, 0.2) is 0 Å². The quantitative estimate of drug-likeness (QED) is 0.412. The van der Waals surface area contributed by atoms with Gasteiger partial charge in [-0.1, -0.05) is 49.6 Å². The highest BCUT2D eigenvalue weighted by molar-refractivity contribution is 7.99. The minimum Gasteiger partial charge on any atom is -0.441 e. The van der Waals surface area contributed by atoms with Crippen molar-refractivity contribution in [3.05, 3.63) is 53.4 Å². The van der Waals surface area contributed by atoms with E-state index in [1.807, 2.05) is 0 Å². The minimum absolute atomic E-state index is 0.765. The summed E-state index contributed by atoms with van der Waals surface area (Å²) in [7, 11) is 0. The van der Waals surface area contributed by atoms with Crippen LogP contribution in [0.25, 0.3) is 11.5 Å². The summed E-state index contributed by atoms with van der Waals surface area (Å²) in [6.07, 6.45) is 8.95. The monoisotopic (exact) mass is 397 g/mol. The Morgan fingerprint density at radius 2 is 1.93 bits per heavy atom. The highest BCUT2D eigenvalue weighted by Gasteiger charge is 2.23. The van der Waals surface area contributed by atoms with Gasteiger partial charge in [-0.15, -0.1) is 0 Å². The zero-order valence-electron chi connectivity index (χ0n) is 17.8. The van der Waals surface area contributed by atoms with Crippen LogP contribution in [0.2, 0.25) is 0 Å². The smallest absolute Gasteiger partial charge is 0.226 e. The van der Waals surface area contributed by atoms with E-state index >= 15 is 0 Å². The fourth-order valence-electron chi connectivity index (χ4n) is 4.11. The van der Waals surface area contributed by atoms with Crippen molar-refractivity contribution < 1.29 is 4.42 Å². The molecular formula is C25H35NOS. The van der Waals surface area contributed by atoms with E-state index in [2.05, 4.69) is 63.4 Å². The second kappa shape index (κ2) is 10.3. The average Bonchev–Trinajstić information content (AvgIpc) is 3.07. The minimum atomic E-state index is 0.765. The lowest BCUT2D eigenvalue weighted by Crippen LogP contribution is -2.18. The molecule has 2 aromatic rings. The topological polar surface area (TPSA) is 26.0 Å².